The number of hydrogen-bond acceptors (Lipinski definition) is 3. The Morgan fingerprint density at radius 1 is 1.04 bits per heavy atom. The standard InChI is InChI=1S/C14H16F4N2O2S/c1-20(5-6-23(2,21)22)4-3-8-7-19-14-9(8)10(15)11(16)12(17)13(14)18/h7,19H,3-6H2,1-2H3. The summed E-state index contributed by atoms with van der Waals surface area (Å²) in [4.78, 5) is 4.11. The lowest BCUT2D eigenvalue weighted by Gasteiger charge is -2.15. The van der Waals surface area contributed by atoms with Crippen LogP contribution in [0.3, 0.4) is 0 Å². The first-order valence-electron chi connectivity index (χ1n) is 6.80. The molecule has 0 bridgehead atoms. The van der Waals surface area contributed by atoms with Crippen molar-refractivity contribution in [3.63, 3.8) is 0 Å². The summed E-state index contributed by atoms with van der Waals surface area (Å²) in [5, 5.41) is -0.321. The van der Waals surface area contributed by atoms with Crippen molar-refractivity contribution in [3.05, 3.63) is 35.0 Å². The fourth-order valence-corrected chi connectivity index (χ4v) is 2.89. The lowest BCUT2D eigenvalue weighted by molar-refractivity contribution is 0.358. The Kier molecular flexibility index (Phi) is 5.00. The van der Waals surface area contributed by atoms with Gasteiger partial charge in [-0.05, 0) is 19.0 Å². The van der Waals surface area contributed by atoms with E-state index in [-0.39, 0.29) is 24.1 Å². The molecule has 2 aromatic rings. The normalized spacial score (nSPS) is 12.5. The minimum Gasteiger partial charge on any atom is -0.358 e. The predicted molar refractivity (Wildman–Crippen MR) is 79.0 cm³/mol. The van der Waals surface area contributed by atoms with Crippen molar-refractivity contribution in [2.24, 2.45) is 0 Å². The number of sulfone groups is 1. The molecule has 0 spiro atoms. The summed E-state index contributed by atoms with van der Waals surface area (Å²) < 4.78 is 76.2. The van der Waals surface area contributed by atoms with E-state index >= 15 is 0 Å². The fourth-order valence-electron chi connectivity index (χ4n) is 2.24. The maximum atomic E-state index is 13.9. The maximum Gasteiger partial charge on any atom is 0.199 e. The van der Waals surface area contributed by atoms with Gasteiger partial charge in [-0.3, -0.25) is 0 Å². The van der Waals surface area contributed by atoms with Crippen LogP contribution in [0.5, 0.6) is 0 Å². The first-order chi connectivity index (χ1) is 10.6. The summed E-state index contributed by atoms with van der Waals surface area (Å²) in [6.45, 7) is 0.629. The van der Waals surface area contributed by atoms with Crippen molar-refractivity contribution in [3.8, 4) is 0 Å². The van der Waals surface area contributed by atoms with Gasteiger partial charge in [-0.2, -0.15) is 0 Å². The second-order valence-corrected chi connectivity index (χ2v) is 7.76. The SMILES string of the molecule is CN(CCc1c[nH]c2c(F)c(F)c(F)c(F)c12)CCS(C)(=O)=O. The molecular formula is C14H16F4N2O2S. The highest BCUT2D eigenvalue weighted by Gasteiger charge is 2.23. The molecule has 0 aliphatic rings. The first kappa shape index (κ1) is 17.7. The van der Waals surface area contributed by atoms with Crippen LogP contribution in [0.4, 0.5) is 17.6 Å². The van der Waals surface area contributed by atoms with E-state index in [1.54, 1.807) is 11.9 Å². The number of hydrogen-bond donors (Lipinski definition) is 1. The van der Waals surface area contributed by atoms with Gasteiger partial charge in [0.2, 0.25) is 0 Å². The van der Waals surface area contributed by atoms with E-state index in [1.807, 2.05) is 0 Å². The first-order valence-corrected chi connectivity index (χ1v) is 8.86. The van der Waals surface area contributed by atoms with Crippen LogP contribution in [0.25, 0.3) is 10.9 Å². The van der Waals surface area contributed by atoms with Crippen molar-refractivity contribution in [2.45, 2.75) is 6.42 Å². The number of likely N-dealkylation sites (N-methyl/N-ethyl adjacent to an activating group) is 1. The van der Waals surface area contributed by atoms with Gasteiger partial charge in [-0.25, -0.2) is 26.0 Å². The number of aromatic nitrogens is 1. The summed E-state index contributed by atoms with van der Waals surface area (Å²) >= 11 is 0. The maximum absolute atomic E-state index is 13.9. The molecule has 23 heavy (non-hydrogen) atoms. The number of aromatic amines is 1. The van der Waals surface area contributed by atoms with Crippen LogP contribution in [0.2, 0.25) is 0 Å². The molecule has 1 N–H and O–H groups in total. The molecule has 0 aliphatic heterocycles. The van der Waals surface area contributed by atoms with E-state index < -0.39 is 38.6 Å². The Morgan fingerprint density at radius 2 is 1.65 bits per heavy atom. The Balaban J connectivity index is 2.19. The monoisotopic (exact) mass is 352 g/mol. The third-order valence-electron chi connectivity index (χ3n) is 3.59. The van der Waals surface area contributed by atoms with Gasteiger partial charge in [0.25, 0.3) is 0 Å². The number of benzene rings is 1. The summed E-state index contributed by atoms with van der Waals surface area (Å²) in [5.74, 6) is -6.63. The van der Waals surface area contributed by atoms with E-state index in [4.69, 9.17) is 0 Å². The van der Waals surface area contributed by atoms with E-state index in [0.717, 1.165) is 6.26 Å². The van der Waals surface area contributed by atoms with Gasteiger partial charge in [0.1, 0.15) is 9.84 Å². The van der Waals surface area contributed by atoms with Crippen LogP contribution >= 0.6 is 0 Å². The van der Waals surface area contributed by atoms with Gasteiger partial charge < -0.3 is 9.88 Å². The van der Waals surface area contributed by atoms with Crippen LogP contribution in [-0.4, -0.2) is 50.4 Å². The Labute approximate surface area is 131 Å². The molecule has 1 heterocycles. The quantitative estimate of drug-likeness (QED) is 0.493. The summed E-state index contributed by atoms with van der Waals surface area (Å²) in [7, 11) is -1.42. The van der Waals surface area contributed by atoms with Crippen molar-refractivity contribution < 1.29 is 26.0 Å². The molecule has 9 heteroatoms. The van der Waals surface area contributed by atoms with Crippen LogP contribution in [0.1, 0.15) is 5.56 Å². The topological polar surface area (TPSA) is 53.2 Å². The Hall–Kier alpha value is -1.61. The molecular weight excluding hydrogens is 336 g/mol. The highest BCUT2D eigenvalue weighted by atomic mass is 32.2. The molecule has 128 valence electrons. The summed E-state index contributed by atoms with van der Waals surface area (Å²) in [6, 6.07) is 0. The van der Waals surface area contributed by atoms with Gasteiger partial charge in [0.05, 0.1) is 11.3 Å². The molecule has 0 unspecified atom stereocenters. The van der Waals surface area contributed by atoms with Gasteiger partial charge in [-0.1, -0.05) is 0 Å². The number of rotatable bonds is 6. The molecule has 1 aromatic carbocycles. The van der Waals surface area contributed by atoms with Gasteiger partial charge in [-0.15, -0.1) is 0 Å². The number of nitrogens with one attached hydrogen (secondary N) is 1. The van der Waals surface area contributed by atoms with Gasteiger partial charge in [0.15, 0.2) is 23.3 Å². The third kappa shape index (κ3) is 3.84. The van der Waals surface area contributed by atoms with Crippen LogP contribution in [-0.2, 0) is 16.3 Å². The molecule has 0 radical (unpaired) electrons. The Morgan fingerprint density at radius 3 is 2.26 bits per heavy atom. The molecule has 0 fully saturated rings. The van der Waals surface area contributed by atoms with E-state index in [0.29, 0.717) is 12.1 Å². The minimum absolute atomic E-state index is 0.0276. The minimum atomic E-state index is -3.10. The zero-order valence-electron chi connectivity index (χ0n) is 12.6. The molecule has 4 nitrogen and oxygen atoms in total. The fraction of sp³-hybridized carbons (Fsp3) is 0.429. The highest BCUT2D eigenvalue weighted by Crippen LogP contribution is 2.29. The number of H-pyrrole nitrogens is 1. The molecule has 0 amide bonds. The lowest BCUT2D eigenvalue weighted by atomic mass is 10.1. The summed E-state index contributed by atoms with van der Waals surface area (Å²) in [5.41, 5.74) is -0.128. The number of nitrogens with zero attached hydrogens (tertiary/aromatic N) is 1. The molecule has 0 atom stereocenters. The van der Waals surface area contributed by atoms with E-state index in [9.17, 15) is 26.0 Å². The summed E-state index contributed by atoms with van der Waals surface area (Å²) in [6.07, 6.45) is 2.64. The zero-order chi connectivity index (χ0) is 17.4. The lowest BCUT2D eigenvalue weighted by Crippen LogP contribution is -2.27. The van der Waals surface area contributed by atoms with Crippen LogP contribution in [0, 0.1) is 23.3 Å². The second-order valence-electron chi connectivity index (χ2n) is 5.50. The van der Waals surface area contributed by atoms with Crippen LogP contribution in [0.15, 0.2) is 6.20 Å². The van der Waals surface area contributed by atoms with Crippen LogP contribution < -0.4 is 0 Å². The third-order valence-corrected chi connectivity index (χ3v) is 4.51. The van der Waals surface area contributed by atoms with E-state index in [2.05, 4.69) is 4.98 Å². The zero-order valence-corrected chi connectivity index (χ0v) is 13.4. The number of fused-ring (bicyclic) bond motifs is 1. The molecule has 0 saturated carbocycles. The average molecular weight is 352 g/mol. The smallest absolute Gasteiger partial charge is 0.199 e. The largest absolute Gasteiger partial charge is 0.358 e. The van der Waals surface area contributed by atoms with Crippen molar-refractivity contribution in [1.29, 1.82) is 0 Å². The average Bonchev–Trinajstić information content (AvgIpc) is 2.90. The molecule has 0 saturated heterocycles. The molecule has 1 aromatic heterocycles. The number of halogens is 4. The molecule has 0 aliphatic carbocycles. The molecule has 2 rings (SSSR count). The second kappa shape index (κ2) is 6.48. The van der Waals surface area contributed by atoms with E-state index in [1.165, 1.54) is 6.20 Å². The van der Waals surface area contributed by atoms with Crippen molar-refractivity contribution in [2.75, 3.05) is 32.1 Å². The van der Waals surface area contributed by atoms with Crippen molar-refractivity contribution >= 4 is 20.7 Å². The van der Waals surface area contributed by atoms with Gasteiger partial charge >= 0.3 is 0 Å². The Bertz CT molecular complexity index is 833. The highest BCUT2D eigenvalue weighted by molar-refractivity contribution is 7.90. The predicted octanol–water partition coefficient (Wildman–Crippen LogP) is 2.24. The van der Waals surface area contributed by atoms with Gasteiger partial charge in [0, 0.05) is 30.9 Å². The van der Waals surface area contributed by atoms with Crippen molar-refractivity contribution in [1.82, 2.24) is 9.88 Å².